The summed E-state index contributed by atoms with van der Waals surface area (Å²) in [6.45, 7) is 0. The SMILES string of the molecule is O=CC1N=CNN1c1ccccc1C(F)(F)F. The molecule has 0 aliphatic carbocycles. The topological polar surface area (TPSA) is 44.7 Å². The van der Waals surface area contributed by atoms with Crippen LogP contribution in [0.1, 0.15) is 5.56 Å². The molecule has 1 unspecified atom stereocenters. The predicted octanol–water partition coefficient (Wildman–Crippen LogP) is 1.58. The Bertz CT molecular complexity index is 458. The molecule has 17 heavy (non-hydrogen) atoms. The number of nitrogens with zero attached hydrogens (tertiary/aromatic N) is 2. The van der Waals surface area contributed by atoms with Crippen LogP contribution in [0.25, 0.3) is 0 Å². The van der Waals surface area contributed by atoms with Crippen LogP contribution < -0.4 is 10.4 Å². The number of benzene rings is 1. The number of carbonyl (C=O) groups excluding carboxylic acids is 1. The number of rotatable bonds is 2. The fourth-order valence-electron chi connectivity index (χ4n) is 1.55. The van der Waals surface area contributed by atoms with Crippen molar-refractivity contribution in [2.45, 2.75) is 12.3 Å². The number of aliphatic imine (C=N–C) groups is 1. The van der Waals surface area contributed by atoms with E-state index in [9.17, 15) is 18.0 Å². The fraction of sp³-hybridized carbons (Fsp3) is 0.200. The molecule has 0 aromatic heterocycles. The zero-order chi connectivity index (χ0) is 12.5. The first-order valence-electron chi connectivity index (χ1n) is 4.72. The molecule has 0 saturated carbocycles. The average Bonchev–Trinajstić information content (AvgIpc) is 2.75. The number of aldehydes is 1. The van der Waals surface area contributed by atoms with Gasteiger partial charge in [0, 0.05) is 0 Å². The number of para-hydroxylation sites is 1. The van der Waals surface area contributed by atoms with Gasteiger partial charge in [0.1, 0.15) is 6.34 Å². The molecule has 0 fully saturated rings. The minimum Gasteiger partial charge on any atom is -0.299 e. The van der Waals surface area contributed by atoms with Crippen LogP contribution in [0.2, 0.25) is 0 Å². The van der Waals surface area contributed by atoms with E-state index in [4.69, 9.17) is 0 Å². The highest BCUT2D eigenvalue weighted by Crippen LogP contribution is 2.36. The van der Waals surface area contributed by atoms with E-state index < -0.39 is 17.9 Å². The van der Waals surface area contributed by atoms with Crippen LogP contribution in [0.4, 0.5) is 18.9 Å². The van der Waals surface area contributed by atoms with Crippen LogP contribution in [0.15, 0.2) is 29.3 Å². The van der Waals surface area contributed by atoms with Gasteiger partial charge in [-0.2, -0.15) is 13.2 Å². The normalized spacial score (nSPS) is 19.2. The molecule has 1 aromatic carbocycles. The summed E-state index contributed by atoms with van der Waals surface area (Å²) in [7, 11) is 0. The van der Waals surface area contributed by atoms with Gasteiger partial charge in [-0.15, -0.1) is 0 Å². The third-order valence-electron chi connectivity index (χ3n) is 2.28. The van der Waals surface area contributed by atoms with E-state index in [0.29, 0.717) is 6.29 Å². The van der Waals surface area contributed by atoms with Crippen molar-refractivity contribution >= 4 is 18.3 Å². The lowest BCUT2D eigenvalue weighted by Gasteiger charge is -2.24. The van der Waals surface area contributed by atoms with Gasteiger partial charge in [0.05, 0.1) is 11.3 Å². The van der Waals surface area contributed by atoms with Gasteiger partial charge in [0.25, 0.3) is 0 Å². The second-order valence-corrected chi connectivity index (χ2v) is 3.34. The van der Waals surface area contributed by atoms with E-state index in [2.05, 4.69) is 10.4 Å². The smallest absolute Gasteiger partial charge is 0.299 e. The molecule has 1 N–H and O–H groups in total. The third-order valence-corrected chi connectivity index (χ3v) is 2.28. The lowest BCUT2D eigenvalue weighted by atomic mass is 10.1. The molecule has 0 bridgehead atoms. The maximum Gasteiger partial charge on any atom is 0.418 e. The Morgan fingerprint density at radius 3 is 2.71 bits per heavy atom. The number of hydrazine groups is 1. The highest BCUT2D eigenvalue weighted by molar-refractivity contribution is 5.76. The Labute approximate surface area is 94.7 Å². The molecular weight excluding hydrogens is 235 g/mol. The maximum atomic E-state index is 12.7. The molecule has 7 heteroatoms. The summed E-state index contributed by atoms with van der Waals surface area (Å²) < 4.78 is 38.2. The van der Waals surface area contributed by atoms with Crippen molar-refractivity contribution in [3.8, 4) is 0 Å². The largest absolute Gasteiger partial charge is 0.418 e. The Kier molecular flexibility index (Phi) is 2.74. The molecule has 1 heterocycles. The monoisotopic (exact) mass is 243 g/mol. The van der Waals surface area contributed by atoms with Crippen LogP contribution >= 0.6 is 0 Å². The van der Waals surface area contributed by atoms with E-state index in [1.807, 2.05) is 0 Å². The highest BCUT2D eigenvalue weighted by atomic mass is 19.4. The van der Waals surface area contributed by atoms with Crippen molar-refractivity contribution < 1.29 is 18.0 Å². The number of nitrogens with one attached hydrogen (secondary N) is 1. The lowest BCUT2D eigenvalue weighted by molar-refractivity contribution is -0.137. The van der Waals surface area contributed by atoms with Gasteiger partial charge in [-0.1, -0.05) is 12.1 Å². The van der Waals surface area contributed by atoms with E-state index in [1.165, 1.54) is 24.5 Å². The standard InChI is InChI=1S/C10H8F3N3O/c11-10(12,13)7-3-1-2-4-8(7)16-9(5-17)14-6-15-16/h1-6,9H,(H,14,15). The third kappa shape index (κ3) is 2.08. The Morgan fingerprint density at radius 2 is 2.06 bits per heavy atom. The average molecular weight is 243 g/mol. The number of halogens is 3. The highest BCUT2D eigenvalue weighted by Gasteiger charge is 2.36. The first-order chi connectivity index (χ1) is 8.04. The van der Waals surface area contributed by atoms with Crippen LogP contribution in [0.5, 0.6) is 0 Å². The summed E-state index contributed by atoms with van der Waals surface area (Å²) in [5, 5.41) is 1.07. The first kappa shape index (κ1) is 11.4. The molecule has 0 saturated heterocycles. The Balaban J connectivity index is 2.42. The number of hydrogen-bond acceptors (Lipinski definition) is 4. The fourth-order valence-corrected chi connectivity index (χ4v) is 1.55. The van der Waals surface area contributed by atoms with Crippen molar-refractivity contribution in [3.05, 3.63) is 29.8 Å². The summed E-state index contributed by atoms with van der Waals surface area (Å²) >= 11 is 0. The van der Waals surface area contributed by atoms with Gasteiger partial charge in [-0.25, -0.2) is 4.99 Å². The summed E-state index contributed by atoms with van der Waals surface area (Å²) in [6, 6.07) is 4.99. The molecule has 90 valence electrons. The van der Waals surface area contributed by atoms with Gasteiger partial charge < -0.3 is 0 Å². The van der Waals surface area contributed by atoms with Gasteiger partial charge in [-0.3, -0.25) is 15.2 Å². The summed E-state index contributed by atoms with van der Waals surface area (Å²) in [6.07, 6.45) is -3.80. The van der Waals surface area contributed by atoms with Crippen molar-refractivity contribution in [2.75, 3.05) is 5.01 Å². The van der Waals surface area contributed by atoms with Gasteiger partial charge in [0.15, 0.2) is 12.5 Å². The molecule has 1 aliphatic rings. The van der Waals surface area contributed by atoms with Crippen molar-refractivity contribution in [1.82, 2.24) is 5.43 Å². The summed E-state index contributed by atoms with van der Waals surface area (Å²) in [5.74, 6) is 0. The van der Waals surface area contributed by atoms with E-state index in [-0.39, 0.29) is 5.69 Å². The zero-order valence-electron chi connectivity index (χ0n) is 8.48. The number of alkyl halides is 3. The van der Waals surface area contributed by atoms with E-state index >= 15 is 0 Å². The van der Waals surface area contributed by atoms with Crippen molar-refractivity contribution in [2.24, 2.45) is 4.99 Å². The molecule has 4 nitrogen and oxygen atoms in total. The molecule has 0 radical (unpaired) electrons. The second-order valence-electron chi connectivity index (χ2n) is 3.34. The number of hydrogen-bond donors (Lipinski definition) is 1. The van der Waals surface area contributed by atoms with E-state index in [0.717, 1.165) is 11.1 Å². The molecule has 0 amide bonds. The molecule has 1 atom stereocenters. The van der Waals surface area contributed by atoms with Crippen LogP contribution in [0, 0.1) is 0 Å². The zero-order valence-corrected chi connectivity index (χ0v) is 8.48. The summed E-state index contributed by atoms with van der Waals surface area (Å²) in [5.41, 5.74) is 1.55. The van der Waals surface area contributed by atoms with Gasteiger partial charge in [0.2, 0.25) is 0 Å². The minimum atomic E-state index is -4.48. The molecule has 2 rings (SSSR count). The Morgan fingerprint density at radius 1 is 1.35 bits per heavy atom. The quantitative estimate of drug-likeness (QED) is 0.802. The maximum absolute atomic E-state index is 12.7. The summed E-state index contributed by atoms with van der Waals surface area (Å²) in [4.78, 5) is 14.4. The first-order valence-corrected chi connectivity index (χ1v) is 4.72. The lowest BCUT2D eigenvalue weighted by Crippen LogP contribution is -2.40. The molecule has 1 aromatic rings. The predicted molar refractivity (Wildman–Crippen MR) is 55.4 cm³/mol. The number of anilines is 1. The van der Waals surface area contributed by atoms with Crippen LogP contribution in [-0.2, 0) is 11.0 Å². The van der Waals surface area contributed by atoms with Crippen molar-refractivity contribution in [1.29, 1.82) is 0 Å². The Hall–Kier alpha value is -2.05. The van der Waals surface area contributed by atoms with Crippen LogP contribution in [-0.4, -0.2) is 18.8 Å². The van der Waals surface area contributed by atoms with Crippen molar-refractivity contribution in [3.63, 3.8) is 0 Å². The molecule has 0 spiro atoms. The number of carbonyl (C=O) groups is 1. The van der Waals surface area contributed by atoms with Gasteiger partial charge in [-0.05, 0) is 12.1 Å². The van der Waals surface area contributed by atoms with Crippen LogP contribution in [0.3, 0.4) is 0 Å². The molecule has 1 aliphatic heterocycles. The molecular formula is C10H8F3N3O. The minimum absolute atomic E-state index is 0.130. The van der Waals surface area contributed by atoms with E-state index in [1.54, 1.807) is 0 Å². The van der Waals surface area contributed by atoms with Gasteiger partial charge >= 0.3 is 6.18 Å². The second kappa shape index (κ2) is 4.08.